The second-order valence-corrected chi connectivity index (χ2v) is 5.14. The van der Waals surface area contributed by atoms with Gasteiger partial charge in [0.15, 0.2) is 11.6 Å². The highest BCUT2D eigenvalue weighted by Gasteiger charge is 2.30. The predicted octanol–water partition coefficient (Wildman–Crippen LogP) is 2.98. The number of carbonyl (C=O) groups is 2. The maximum atomic E-state index is 14.8. The van der Waals surface area contributed by atoms with Crippen molar-refractivity contribution in [2.75, 3.05) is 26.2 Å². The van der Waals surface area contributed by atoms with E-state index in [0.717, 1.165) is 7.11 Å². The summed E-state index contributed by atoms with van der Waals surface area (Å²) in [4.78, 5) is 25.5. The summed E-state index contributed by atoms with van der Waals surface area (Å²) in [7, 11) is 3.59. The van der Waals surface area contributed by atoms with Crippen molar-refractivity contribution in [1.82, 2.24) is 0 Å². The van der Waals surface area contributed by atoms with E-state index in [-0.39, 0.29) is 27.7 Å². The first-order chi connectivity index (χ1) is 12.0. The fraction of sp³-hybridized carbons (Fsp3) is 0.176. The molecule has 132 valence electrons. The summed E-state index contributed by atoms with van der Waals surface area (Å²) in [5.41, 5.74) is -0.349. The van der Waals surface area contributed by atoms with Crippen LogP contribution in [0.15, 0.2) is 47.8 Å². The summed E-state index contributed by atoms with van der Waals surface area (Å²) < 4.78 is 29.2. The van der Waals surface area contributed by atoms with E-state index in [1.165, 1.54) is 55.7 Å². The van der Waals surface area contributed by atoms with Crippen LogP contribution in [0.4, 0.5) is 10.1 Å². The van der Waals surface area contributed by atoms with Crippen molar-refractivity contribution in [3.8, 4) is 5.75 Å². The van der Waals surface area contributed by atoms with E-state index in [4.69, 9.17) is 25.8 Å². The molecule has 0 spiro atoms. The van der Waals surface area contributed by atoms with Crippen molar-refractivity contribution in [2.45, 2.75) is 0 Å². The number of hydrogen-bond donors (Lipinski definition) is 0. The van der Waals surface area contributed by atoms with Gasteiger partial charge >= 0.3 is 11.9 Å². The fourth-order valence-corrected chi connectivity index (χ4v) is 2.47. The lowest BCUT2D eigenvalue weighted by atomic mass is 10.1. The molecule has 0 unspecified atom stereocenters. The molecule has 6 nitrogen and oxygen atoms in total. The molecule has 0 aliphatic carbocycles. The Labute approximate surface area is 148 Å². The number of carbonyl (C=O) groups excluding carboxylic acids is 2. The molecule has 25 heavy (non-hydrogen) atoms. The molecular formula is C17H15ClFNO5. The molecule has 0 aromatic heterocycles. The molecule has 0 radical (unpaired) electrons. The lowest BCUT2D eigenvalue weighted by Gasteiger charge is -2.24. The largest absolute Gasteiger partial charge is 0.492 e. The van der Waals surface area contributed by atoms with Crippen LogP contribution in [0.25, 0.3) is 0 Å². The molecule has 1 heterocycles. The van der Waals surface area contributed by atoms with Crippen molar-refractivity contribution in [3.05, 3.63) is 58.7 Å². The third kappa shape index (κ3) is 3.51. The van der Waals surface area contributed by atoms with Gasteiger partial charge in [-0.2, -0.15) is 0 Å². The molecule has 1 aromatic rings. The van der Waals surface area contributed by atoms with Crippen LogP contribution < -0.4 is 9.64 Å². The van der Waals surface area contributed by atoms with Gasteiger partial charge in [0, 0.05) is 6.20 Å². The van der Waals surface area contributed by atoms with Crippen LogP contribution in [0.5, 0.6) is 5.75 Å². The van der Waals surface area contributed by atoms with Gasteiger partial charge in [-0.1, -0.05) is 17.7 Å². The standard InChI is InChI=1S/C17H15ClFNO5/c1-23-15-11(18)7-8-12(13(15)19)20-9-5-4-6-10(16(21)24-2)14(20)17(22)25-3/h4-9H,1-3H3. The van der Waals surface area contributed by atoms with E-state index in [2.05, 4.69) is 0 Å². The van der Waals surface area contributed by atoms with Crippen molar-refractivity contribution in [1.29, 1.82) is 0 Å². The van der Waals surface area contributed by atoms with E-state index in [0.29, 0.717) is 0 Å². The van der Waals surface area contributed by atoms with Gasteiger partial charge in [-0.05, 0) is 24.3 Å². The normalized spacial score (nSPS) is 13.6. The highest BCUT2D eigenvalue weighted by molar-refractivity contribution is 6.32. The van der Waals surface area contributed by atoms with Gasteiger partial charge in [0.25, 0.3) is 0 Å². The lowest BCUT2D eigenvalue weighted by molar-refractivity contribution is -0.139. The van der Waals surface area contributed by atoms with E-state index >= 15 is 0 Å². The van der Waals surface area contributed by atoms with Crippen molar-refractivity contribution < 1.29 is 28.2 Å². The Bertz CT molecular complexity index is 800. The summed E-state index contributed by atoms with van der Waals surface area (Å²) in [5.74, 6) is -2.60. The van der Waals surface area contributed by atoms with Crippen molar-refractivity contribution >= 4 is 29.2 Å². The first-order valence-electron chi connectivity index (χ1n) is 7.03. The average Bonchev–Trinajstić information content (AvgIpc) is 2.83. The fourth-order valence-electron chi connectivity index (χ4n) is 2.25. The Kier molecular flexibility index (Phi) is 5.82. The van der Waals surface area contributed by atoms with Crippen LogP contribution in [-0.2, 0) is 19.1 Å². The number of methoxy groups -OCH3 is 3. The molecule has 0 saturated carbocycles. The van der Waals surface area contributed by atoms with Crippen molar-refractivity contribution in [2.24, 2.45) is 0 Å². The number of benzene rings is 1. The minimum absolute atomic E-state index is 0.0528. The summed E-state index contributed by atoms with van der Waals surface area (Å²) in [6, 6.07) is 2.77. The second-order valence-electron chi connectivity index (χ2n) is 4.73. The number of halogens is 2. The molecule has 0 N–H and O–H groups in total. The van der Waals surface area contributed by atoms with Crippen LogP contribution in [0.2, 0.25) is 5.02 Å². The molecule has 8 heteroatoms. The predicted molar refractivity (Wildman–Crippen MR) is 89.8 cm³/mol. The number of ether oxygens (including phenoxy) is 3. The van der Waals surface area contributed by atoms with Gasteiger partial charge in [-0.3, -0.25) is 0 Å². The SMILES string of the molecule is COC(=O)C1=C(C(=O)OC)N(c2ccc(Cl)c(OC)c2F)C=CC=C1. The first kappa shape index (κ1) is 18.5. The van der Waals surface area contributed by atoms with Crippen LogP contribution >= 0.6 is 11.6 Å². The molecule has 1 aromatic carbocycles. The maximum absolute atomic E-state index is 14.8. The van der Waals surface area contributed by atoms with E-state index in [1.807, 2.05) is 0 Å². The summed E-state index contributed by atoms with van der Waals surface area (Å²) in [6.07, 6.45) is 5.82. The Balaban J connectivity index is 2.74. The first-order valence-corrected chi connectivity index (χ1v) is 7.41. The number of allylic oxidation sites excluding steroid dienone is 2. The minimum atomic E-state index is -0.843. The summed E-state index contributed by atoms with van der Waals surface area (Å²) in [6.45, 7) is 0. The van der Waals surface area contributed by atoms with E-state index in [9.17, 15) is 14.0 Å². The summed E-state index contributed by atoms with van der Waals surface area (Å²) in [5, 5.41) is 0.0671. The van der Waals surface area contributed by atoms with Crippen LogP contribution in [0.3, 0.4) is 0 Å². The van der Waals surface area contributed by atoms with Gasteiger partial charge in [-0.25, -0.2) is 14.0 Å². The van der Waals surface area contributed by atoms with Crippen LogP contribution in [0.1, 0.15) is 0 Å². The van der Waals surface area contributed by atoms with Crippen molar-refractivity contribution in [3.63, 3.8) is 0 Å². The Hall–Kier alpha value is -2.80. The Morgan fingerprint density at radius 1 is 1.08 bits per heavy atom. The summed E-state index contributed by atoms with van der Waals surface area (Å²) >= 11 is 5.91. The molecule has 2 rings (SSSR count). The lowest BCUT2D eigenvalue weighted by Crippen LogP contribution is -2.27. The average molecular weight is 368 g/mol. The third-order valence-electron chi connectivity index (χ3n) is 3.38. The molecule has 0 amide bonds. The van der Waals surface area contributed by atoms with Gasteiger partial charge in [0.2, 0.25) is 0 Å². The molecule has 0 bridgehead atoms. The minimum Gasteiger partial charge on any atom is -0.492 e. The van der Waals surface area contributed by atoms with Crippen LogP contribution in [-0.4, -0.2) is 33.3 Å². The number of anilines is 1. The quantitative estimate of drug-likeness (QED) is 0.762. The molecule has 1 aliphatic heterocycles. The second kappa shape index (κ2) is 7.85. The zero-order valence-corrected chi connectivity index (χ0v) is 14.5. The van der Waals surface area contributed by atoms with E-state index in [1.54, 1.807) is 0 Å². The highest BCUT2D eigenvalue weighted by atomic mass is 35.5. The molecule has 0 atom stereocenters. The number of rotatable bonds is 4. The maximum Gasteiger partial charge on any atom is 0.355 e. The van der Waals surface area contributed by atoms with Gasteiger partial charge in [0.05, 0.1) is 37.6 Å². The number of esters is 2. The Morgan fingerprint density at radius 2 is 1.76 bits per heavy atom. The smallest absolute Gasteiger partial charge is 0.355 e. The number of hydrogen-bond acceptors (Lipinski definition) is 6. The zero-order chi connectivity index (χ0) is 18.6. The molecular weight excluding hydrogens is 353 g/mol. The molecule has 0 fully saturated rings. The van der Waals surface area contributed by atoms with Gasteiger partial charge in [-0.15, -0.1) is 0 Å². The highest BCUT2D eigenvalue weighted by Crippen LogP contribution is 2.37. The third-order valence-corrected chi connectivity index (χ3v) is 3.68. The van der Waals surface area contributed by atoms with E-state index < -0.39 is 17.8 Å². The van der Waals surface area contributed by atoms with Gasteiger partial charge < -0.3 is 19.1 Å². The van der Waals surface area contributed by atoms with Crippen LogP contribution in [0, 0.1) is 5.82 Å². The monoisotopic (exact) mass is 367 g/mol. The molecule has 0 saturated heterocycles. The van der Waals surface area contributed by atoms with Gasteiger partial charge in [0.1, 0.15) is 5.70 Å². The zero-order valence-electron chi connectivity index (χ0n) is 13.7. The number of nitrogens with zero attached hydrogens (tertiary/aromatic N) is 1. The molecule has 1 aliphatic rings. The Morgan fingerprint density at radius 3 is 2.36 bits per heavy atom. The topological polar surface area (TPSA) is 65.1 Å².